The molecule has 9 heteroatoms. The van der Waals surface area contributed by atoms with Crippen molar-refractivity contribution in [2.45, 2.75) is 25.4 Å². The topological polar surface area (TPSA) is 60.9 Å². The molecular formula is C15H19F3N2O3S. The summed E-state index contributed by atoms with van der Waals surface area (Å²) in [6.45, 7) is 2.96. The van der Waals surface area contributed by atoms with Crippen LogP contribution in [0.1, 0.15) is 19.3 Å². The lowest BCUT2D eigenvalue weighted by Gasteiger charge is -2.37. The van der Waals surface area contributed by atoms with Gasteiger partial charge < -0.3 is 14.9 Å². The molecular weight excluding hydrogens is 345 g/mol. The highest BCUT2D eigenvalue weighted by atomic mass is 32.1. The van der Waals surface area contributed by atoms with Gasteiger partial charge in [0.25, 0.3) is 0 Å². The Balaban J connectivity index is 0.000000256. The molecule has 1 atom stereocenters. The van der Waals surface area contributed by atoms with Gasteiger partial charge in [0.2, 0.25) is 5.91 Å². The lowest BCUT2D eigenvalue weighted by molar-refractivity contribution is -0.192. The molecule has 0 aromatic carbocycles. The zero-order chi connectivity index (χ0) is 18.0. The Hall–Kier alpha value is -1.61. The van der Waals surface area contributed by atoms with E-state index in [0.717, 1.165) is 44.6 Å². The van der Waals surface area contributed by atoms with E-state index < -0.39 is 12.1 Å². The maximum Gasteiger partial charge on any atom is 0.490 e. The van der Waals surface area contributed by atoms with Crippen LogP contribution < -0.4 is 4.90 Å². The molecule has 0 bridgehead atoms. The van der Waals surface area contributed by atoms with E-state index in [-0.39, 0.29) is 5.41 Å². The number of carbonyl (C=O) groups excluding carboxylic acids is 1. The van der Waals surface area contributed by atoms with E-state index in [4.69, 9.17) is 9.90 Å². The number of carboxylic acid groups (broad SMARTS) is 1. The minimum absolute atomic E-state index is 0.0884. The third-order valence-electron chi connectivity index (χ3n) is 4.34. The molecule has 2 fully saturated rings. The van der Waals surface area contributed by atoms with Gasteiger partial charge in [0, 0.05) is 18.5 Å². The summed E-state index contributed by atoms with van der Waals surface area (Å²) in [4.78, 5) is 25.8. The molecule has 2 saturated heterocycles. The van der Waals surface area contributed by atoms with Crippen molar-refractivity contribution in [1.82, 2.24) is 4.90 Å². The van der Waals surface area contributed by atoms with Gasteiger partial charge in [0.05, 0.1) is 11.1 Å². The maximum absolute atomic E-state index is 12.6. The van der Waals surface area contributed by atoms with Crippen molar-refractivity contribution in [3.8, 4) is 0 Å². The Morgan fingerprint density at radius 1 is 1.33 bits per heavy atom. The van der Waals surface area contributed by atoms with Gasteiger partial charge in [-0.25, -0.2) is 4.79 Å². The fraction of sp³-hybridized carbons (Fsp3) is 0.600. The van der Waals surface area contributed by atoms with Gasteiger partial charge in [-0.15, -0.1) is 0 Å². The number of amides is 1. The summed E-state index contributed by atoms with van der Waals surface area (Å²) in [6.07, 6.45) is -1.84. The maximum atomic E-state index is 12.6. The summed E-state index contributed by atoms with van der Waals surface area (Å²) in [5.74, 6) is -2.41. The third-order valence-corrected chi connectivity index (χ3v) is 5.01. The monoisotopic (exact) mass is 364 g/mol. The number of carboxylic acids is 1. The van der Waals surface area contributed by atoms with Gasteiger partial charge >= 0.3 is 12.1 Å². The predicted octanol–water partition coefficient (Wildman–Crippen LogP) is 2.83. The number of piperidine rings is 1. The Morgan fingerprint density at radius 2 is 2.00 bits per heavy atom. The Labute approximate surface area is 141 Å². The van der Waals surface area contributed by atoms with E-state index in [2.05, 4.69) is 17.3 Å². The molecule has 1 spiro atoms. The fourth-order valence-electron chi connectivity index (χ4n) is 3.22. The van der Waals surface area contributed by atoms with E-state index >= 15 is 0 Å². The second-order valence-corrected chi connectivity index (χ2v) is 6.89. The summed E-state index contributed by atoms with van der Waals surface area (Å²) in [7, 11) is 2.13. The van der Waals surface area contributed by atoms with E-state index in [9.17, 15) is 18.0 Å². The minimum Gasteiger partial charge on any atom is -0.475 e. The first-order valence-electron chi connectivity index (χ1n) is 7.48. The number of thiophene rings is 1. The number of carbonyl (C=O) groups is 2. The SMILES string of the molecule is CN1CCCC2(CCN(c3ccsc3)C2=O)C1.O=C(O)C(F)(F)F. The van der Waals surface area contributed by atoms with Crippen LogP contribution in [0.25, 0.3) is 0 Å². The molecule has 2 aliphatic heterocycles. The molecule has 1 aromatic rings. The van der Waals surface area contributed by atoms with Crippen LogP contribution in [-0.2, 0) is 9.59 Å². The van der Waals surface area contributed by atoms with Crippen LogP contribution in [0.2, 0.25) is 0 Å². The zero-order valence-corrected chi connectivity index (χ0v) is 14.0. The number of rotatable bonds is 1. The Morgan fingerprint density at radius 3 is 2.50 bits per heavy atom. The molecule has 1 unspecified atom stereocenters. The highest BCUT2D eigenvalue weighted by Gasteiger charge is 2.48. The molecule has 0 radical (unpaired) electrons. The Kier molecular flexibility index (Phi) is 5.54. The zero-order valence-electron chi connectivity index (χ0n) is 13.2. The largest absolute Gasteiger partial charge is 0.490 e. The van der Waals surface area contributed by atoms with Crippen molar-refractivity contribution in [3.63, 3.8) is 0 Å². The molecule has 1 aromatic heterocycles. The highest BCUT2D eigenvalue weighted by Crippen LogP contribution is 2.41. The molecule has 0 aliphatic carbocycles. The summed E-state index contributed by atoms with van der Waals surface area (Å²) in [5, 5.41) is 11.2. The van der Waals surface area contributed by atoms with Crippen molar-refractivity contribution in [1.29, 1.82) is 0 Å². The van der Waals surface area contributed by atoms with E-state index in [0.29, 0.717) is 5.91 Å². The standard InChI is InChI=1S/C13H18N2OS.C2HF3O2/c1-14-6-2-4-13(10-14)5-7-15(12(13)16)11-3-8-17-9-11;3-2(4,5)1(6)7/h3,8-9H,2,4-7,10H2,1H3;(H,6,7). The fourth-order valence-corrected chi connectivity index (χ4v) is 3.86. The van der Waals surface area contributed by atoms with Crippen molar-refractivity contribution in [3.05, 3.63) is 16.8 Å². The molecule has 5 nitrogen and oxygen atoms in total. The Bertz CT molecular complexity index is 591. The van der Waals surface area contributed by atoms with Crippen LogP contribution in [0.3, 0.4) is 0 Å². The second-order valence-electron chi connectivity index (χ2n) is 6.11. The first-order chi connectivity index (χ1) is 11.2. The first kappa shape index (κ1) is 18.7. The van der Waals surface area contributed by atoms with Crippen LogP contribution in [-0.4, -0.2) is 54.7 Å². The first-order valence-corrected chi connectivity index (χ1v) is 8.43. The normalized spacial score (nSPS) is 24.8. The van der Waals surface area contributed by atoms with Crippen molar-refractivity contribution < 1.29 is 27.9 Å². The number of aliphatic carboxylic acids is 1. The van der Waals surface area contributed by atoms with Gasteiger partial charge in [-0.2, -0.15) is 24.5 Å². The predicted molar refractivity (Wildman–Crippen MR) is 84.1 cm³/mol. The van der Waals surface area contributed by atoms with E-state index in [1.54, 1.807) is 11.3 Å². The molecule has 134 valence electrons. The number of halogens is 3. The van der Waals surface area contributed by atoms with Crippen molar-refractivity contribution >= 4 is 28.9 Å². The number of nitrogens with zero attached hydrogens (tertiary/aromatic N) is 2. The lowest BCUT2D eigenvalue weighted by atomic mass is 9.78. The lowest BCUT2D eigenvalue weighted by Crippen LogP contribution is -2.46. The van der Waals surface area contributed by atoms with Crippen molar-refractivity contribution in [2.24, 2.45) is 5.41 Å². The van der Waals surface area contributed by atoms with Gasteiger partial charge in [-0.3, -0.25) is 4.79 Å². The third kappa shape index (κ3) is 4.07. The number of alkyl halides is 3. The number of likely N-dealkylation sites (tertiary alicyclic amines) is 1. The molecule has 3 rings (SSSR count). The molecule has 24 heavy (non-hydrogen) atoms. The summed E-state index contributed by atoms with van der Waals surface area (Å²) in [5.41, 5.74) is 1.000. The molecule has 0 saturated carbocycles. The van der Waals surface area contributed by atoms with Gasteiger partial charge in [0.15, 0.2) is 0 Å². The summed E-state index contributed by atoms with van der Waals surface area (Å²) < 4.78 is 31.7. The van der Waals surface area contributed by atoms with Crippen LogP contribution in [0.5, 0.6) is 0 Å². The summed E-state index contributed by atoms with van der Waals surface area (Å²) in [6, 6.07) is 2.05. The number of hydrogen-bond acceptors (Lipinski definition) is 4. The average molecular weight is 364 g/mol. The van der Waals surface area contributed by atoms with Crippen LogP contribution >= 0.6 is 11.3 Å². The molecule has 1 amide bonds. The summed E-state index contributed by atoms with van der Waals surface area (Å²) >= 11 is 1.66. The van der Waals surface area contributed by atoms with Gasteiger partial charge in [-0.1, -0.05) is 0 Å². The smallest absolute Gasteiger partial charge is 0.475 e. The second kappa shape index (κ2) is 7.10. The number of hydrogen-bond donors (Lipinski definition) is 1. The van der Waals surface area contributed by atoms with Crippen LogP contribution in [0.15, 0.2) is 16.8 Å². The van der Waals surface area contributed by atoms with E-state index in [1.807, 2.05) is 16.3 Å². The minimum atomic E-state index is -5.08. The highest BCUT2D eigenvalue weighted by molar-refractivity contribution is 7.08. The molecule has 2 aliphatic rings. The quantitative estimate of drug-likeness (QED) is 0.832. The van der Waals surface area contributed by atoms with Crippen molar-refractivity contribution in [2.75, 3.05) is 31.6 Å². The number of anilines is 1. The van der Waals surface area contributed by atoms with Gasteiger partial charge in [-0.05, 0) is 44.3 Å². The molecule has 1 N–H and O–H groups in total. The van der Waals surface area contributed by atoms with Crippen LogP contribution in [0.4, 0.5) is 18.9 Å². The molecule has 3 heterocycles. The van der Waals surface area contributed by atoms with Crippen LogP contribution in [0, 0.1) is 5.41 Å². The average Bonchev–Trinajstić information content (AvgIpc) is 3.09. The van der Waals surface area contributed by atoms with E-state index in [1.165, 1.54) is 0 Å². The van der Waals surface area contributed by atoms with Gasteiger partial charge in [0.1, 0.15) is 0 Å².